The van der Waals surface area contributed by atoms with Crippen LogP contribution in [-0.2, 0) is 11.0 Å². The molecule has 0 aliphatic carbocycles. The number of amides is 1. The number of nitrogens with zero attached hydrogens (tertiary/aromatic N) is 2. The van der Waals surface area contributed by atoms with E-state index in [1.165, 1.54) is 24.3 Å². The molecule has 1 N–H and O–H groups in total. The summed E-state index contributed by atoms with van der Waals surface area (Å²) in [5.41, 5.74) is 0. The van der Waals surface area contributed by atoms with Crippen molar-refractivity contribution in [2.24, 2.45) is 0 Å². The normalized spacial score (nSPS) is 11.4. The van der Waals surface area contributed by atoms with Crippen LogP contribution in [0.3, 0.4) is 0 Å². The maximum Gasteiger partial charge on any atom is 0.445 e. The molecular formula is C11H7F4N3OS2. The third-order valence-corrected chi connectivity index (χ3v) is 3.99. The number of halogens is 4. The second-order valence-electron chi connectivity index (χ2n) is 3.70. The van der Waals surface area contributed by atoms with Gasteiger partial charge in [0.2, 0.25) is 16.0 Å². The highest BCUT2D eigenvalue weighted by Crippen LogP contribution is 2.33. The molecule has 0 bridgehead atoms. The number of hydrogen-bond acceptors (Lipinski definition) is 5. The largest absolute Gasteiger partial charge is 0.445 e. The summed E-state index contributed by atoms with van der Waals surface area (Å²) < 4.78 is 49.6. The van der Waals surface area contributed by atoms with E-state index >= 15 is 0 Å². The standard InChI is InChI=1S/C11H7F4N3OS2/c12-6-1-3-7(4-2-6)20-5-8(19)16-10-18-17-9(21-10)11(13,14)15/h1-4H,5H2,(H,16,18,19). The third kappa shape index (κ3) is 4.67. The summed E-state index contributed by atoms with van der Waals surface area (Å²) in [6.07, 6.45) is -4.58. The summed E-state index contributed by atoms with van der Waals surface area (Å²) >= 11 is 1.38. The second-order valence-corrected chi connectivity index (χ2v) is 5.73. The molecule has 1 aromatic carbocycles. The Morgan fingerprint density at radius 1 is 1.24 bits per heavy atom. The van der Waals surface area contributed by atoms with E-state index < -0.39 is 22.9 Å². The molecule has 4 nitrogen and oxygen atoms in total. The fraction of sp³-hybridized carbons (Fsp3) is 0.182. The van der Waals surface area contributed by atoms with E-state index in [0.29, 0.717) is 4.90 Å². The number of carbonyl (C=O) groups is 1. The Balaban J connectivity index is 1.87. The minimum atomic E-state index is -4.58. The molecule has 1 aromatic heterocycles. The predicted molar refractivity (Wildman–Crippen MR) is 70.7 cm³/mol. The molecule has 112 valence electrons. The summed E-state index contributed by atoms with van der Waals surface area (Å²) in [5.74, 6) is -0.946. The van der Waals surface area contributed by atoms with Crippen LogP contribution in [-0.4, -0.2) is 21.9 Å². The highest BCUT2D eigenvalue weighted by atomic mass is 32.2. The number of hydrogen-bond donors (Lipinski definition) is 1. The number of thioether (sulfide) groups is 1. The number of aromatic nitrogens is 2. The van der Waals surface area contributed by atoms with Crippen molar-refractivity contribution in [3.8, 4) is 0 Å². The van der Waals surface area contributed by atoms with Crippen LogP contribution in [0.15, 0.2) is 29.2 Å². The smallest absolute Gasteiger partial charge is 0.300 e. The first-order chi connectivity index (χ1) is 9.84. The van der Waals surface area contributed by atoms with Gasteiger partial charge >= 0.3 is 6.18 Å². The van der Waals surface area contributed by atoms with Gasteiger partial charge in [-0.3, -0.25) is 10.1 Å². The molecule has 0 fully saturated rings. The molecule has 0 aliphatic heterocycles. The third-order valence-electron chi connectivity index (χ3n) is 2.10. The van der Waals surface area contributed by atoms with E-state index in [0.717, 1.165) is 11.8 Å². The van der Waals surface area contributed by atoms with Crippen molar-refractivity contribution < 1.29 is 22.4 Å². The van der Waals surface area contributed by atoms with Gasteiger partial charge in [0, 0.05) is 4.90 Å². The summed E-state index contributed by atoms with van der Waals surface area (Å²) in [5, 5.41) is 7.09. The Morgan fingerprint density at radius 3 is 2.48 bits per heavy atom. The molecule has 1 amide bonds. The highest BCUT2D eigenvalue weighted by molar-refractivity contribution is 8.00. The molecule has 0 atom stereocenters. The fourth-order valence-corrected chi connectivity index (χ4v) is 2.55. The Hall–Kier alpha value is -1.68. The van der Waals surface area contributed by atoms with Crippen molar-refractivity contribution in [3.05, 3.63) is 35.1 Å². The molecular weight excluding hydrogens is 330 g/mol. The quantitative estimate of drug-likeness (QED) is 0.686. The first-order valence-corrected chi connectivity index (χ1v) is 7.24. The fourth-order valence-electron chi connectivity index (χ4n) is 1.22. The van der Waals surface area contributed by atoms with Gasteiger partial charge < -0.3 is 0 Å². The Kier molecular flexibility index (Phi) is 4.78. The zero-order valence-electron chi connectivity index (χ0n) is 10.1. The zero-order valence-corrected chi connectivity index (χ0v) is 11.8. The molecule has 0 saturated heterocycles. The van der Waals surface area contributed by atoms with Crippen LogP contribution < -0.4 is 5.32 Å². The maximum absolute atomic E-state index is 12.7. The molecule has 0 aliphatic rings. The van der Waals surface area contributed by atoms with Crippen LogP contribution in [0, 0.1) is 5.82 Å². The van der Waals surface area contributed by atoms with E-state index in [4.69, 9.17) is 0 Å². The lowest BCUT2D eigenvalue weighted by Gasteiger charge is -2.02. The first-order valence-electron chi connectivity index (χ1n) is 5.43. The number of anilines is 1. The van der Waals surface area contributed by atoms with Crippen molar-refractivity contribution in [1.82, 2.24) is 10.2 Å². The van der Waals surface area contributed by atoms with Crippen LogP contribution in [0.1, 0.15) is 5.01 Å². The monoisotopic (exact) mass is 337 g/mol. The Bertz CT molecular complexity index is 627. The number of alkyl halides is 3. The van der Waals surface area contributed by atoms with Crippen molar-refractivity contribution in [1.29, 1.82) is 0 Å². The van der Waals surface area contributed by atoms with Crippen LogP contribution in [0.2, 0.25) is 0 Å². The van der Waals surface area contributed by atoms with Gasteiger partial charge in [-0.25, -0.2) is 4.39 Å². The van der Waals surface area contributed by atoms with Crippen molar-refractivity contribution >= 4 is 34.1 Å². The zero-order chi connectivity index (χ0) is 15.5. The van der Waals surface area contributed by atoms with Crippen molar-refractivity contribution in [2.75, 3.05) is 11.1 Å². The van der Waals surface area contributed by atoms with E-state index in [-0.39, 0.29) is 22.2 Å². The van der Waals surface area contributed by atoms with Gasteiger partial charge in [0.25, 0.3) is 0 Å². The van der Waals surface area contributed by atoms with Gasteiger partial charge in [-0.2, -0.15) is 13.2 Å². The van der Waals surface area contributed by atoms with Gasteiger partial charge in [0.05, 0.1) is 5.75 Å². The average molecular weight is 337 g/mol. The average Bonchev–Trinajstić information content (AvgIpc) is 2.86. The summed E-state index contributed by atoms with van der Waals surface area (Å²) in [7, 11) is 0. The SMILES string of the molecule is O=C(CSc1ccc(F)cc1)Nc1nnc(C(F)(F)F)s1. The molecule has 0 saturated carbocycles. The van der Waals surface area contributed by atoms with E-state index in [1.807, 2.05) is 0 Å². The number of nitrogens with one attached hydrogen (secondary N) is 1. The molecule has 2 rings (SSSR count). The van der Waals surface area contributed by atoms with Crippen LogP contribution in [0.4, 0.5) is 22.7 Å². The van der Waals surface area contributed by atoms with E-state index in [1.54, 1.807) is 0 Å². The number of benzene rings is 1. The van der Waals surface area contributed by atoms with Gasteiger partial charge in [0.1, 0.15) is 5.82 Å². The van der Waals surface area contributed by atoms with Gasteiger partial charge in [-0.15, -0.1) is 22.0 Å². The Labute approximate surface area is 124 Å². The molecule has 1 heterocycles. The molecule has 0 spiro atoms. The summed E-state index contributed by atoms with van der Waals surface area (Å²) in [4.78, 5) is 12.2. The lowest BCUT2D eigenvalue weighted by Crippen LogP contribution is -2.13. The molecule has 2 aromatic rings. The minimum absolute atomic E-state index is 0.0352. The van der Waals surface area contributed by atoms with Crippen LogP contribution >= 0.6 is 23.1 Å². The van der Waals surface area contributed by atoms with Crippen molar-refractivity contribution in [3.63, 3.8) is 0 Å². The predicted octanol–water partition coefficient (Wildman–Crippen LogP) is 3.43. The van der Waals surface area contributed by atoms with Gasteiger partial charge in [0.15, 0.2) is 0 Å². The minimum Gasteiger partial charge on any atom is -0.300 e. The topological polar surface area (TPSA) is 54.9 Å². The van der Waals surface area contributed by atoms with Crippen LogP contribution in [0.5, 0.6) is 0 Å². The lowest BCUT2D eigenvalue weighted by atomic mass is 10.4. The Morgan fingerprint density at radius 2 is 1.90 bits per heavy atom. The van der Waals surface area contributed by atoms with Crippen LogP contribution in [0.25, 0.3) is 0 Å². The van der Waals surface area contributed by atoms with E-state index in [2.05, 4.69) is 15.5 Å². The summed E-state index contributed by atoms with van der Waals surface area (Å²) in [6.45, 7) is 0. The number of rotatable bonds is 4. The maximum atomic E-state index is 12.7. The number of carbonyl (C=O) groups excluding carboxylic acids is 1. The highest BCUT2D eigenvalue weighted by Gasteiger charge is 2.35. The second kappa shape index (κ2) is 6.39. The molecule has 10 heteroatoms. The van der Waals surface area contributed by atoms with E-state index in [9.17, 15) is 22.4 Å². The summed E-state index contributed by atoms with van der Waals surface area (Å²) in [6, 6.07) is 5.50. The van der Waals surface area contributed by atoms with Gasteiger partial charge in [-0.1, -0.05) is 11.3 Å². The molecule has 21 heavy (non-hydrogen) atoms. The van der Waals surface area contributed by atoms with Crippen molar-refractivity contribution in [2.45, 2.75) is 11.1 Å². The molecule has 0 radical (unpaired) electrons. The lowest BCUT2D eigenvalue weighted by molar-refractivity contribution is -0.138. The molecule has 0 unspecified atom stereocenters. The first kappa shape index (κ1) is 15.7. The van der Waals surface area contributed by atoms with Gasteiger partial charge in [-0.05, 0) is 24.3 Å².